The standard InChI is InChI=1S/C10H11N5O/c1-14-8(2-3-12-14)7-6-9(16)15-5-4-11-10(15)13-7/h2-3,6H,4-5H2,1H3,(H,11,13). The Bertz CT molecular complexity index is 597. The summed E-state index contributed by atoms with van der Waals surface area (Å²) < 4.78 is 3.34. The molecule has 6 heteroatoms. The molecule has 0 aliphatic carbocycles. The predicted molar refractivity (Wildman–Crippen MR) is 59.2 cm³/mol. The Hall–Kier alpha value is -2.11. The van der Waals surface area contributed by atoms with Crippen LogP contribution in [-0.4, -0.2) is 25.9 Å². The van der Waals surface area contributed by atoms with Gasteiger partial charge < -0.3 is 5.32 Å². The first-order valence-electron chi connectivity index (χ1n) is 5.10. The van der Waals surface area contributed by atoms with Gasteiger partial charge >= 0.3 is 0 Å². The van der Waals surface area contributed by atoms with Crippen molar-refractivity contribution < 1.29 is 0 Å². The Morgan fingerprint density at radius 2 is 2.38 bits per heavy atom. The van der Waals surface area contributed by atoms with Gasteiger partial charge in [0.2, 0.25) is 5.95 Å². The van der Waals surface area contributed by atoms with Gasteiger partial charge in [0, 0.05) is 32.4 Å². The number of aryl methyl sites for hydroxylation is 1. The van der Waals surface area contributed by atoms with Crippen LogP contribution < -0.4 is 10.9 Å². The zero-order valence-electron chi connectivity index (χ0n) is 8.84. The number of rotatable bonds is 1. The Morgan fingerprint density at radius 1 is 1.50 bits per heavy atom. The molecule has 0 aromatic carbocycles. The van der Waals surface area contributed by atoms with Crippen LogP contribution in [-0.2, 0) is 13.6 Å². The van der Waals surface area contributed by atoms with E-state index < -0.39 is 0 Å². The predicted octanol–water partition coefficient (Wildman–Crippen LogP) is 0.0693. The maximum Gasteiger partial charge on any atom is 0.255 e. The summed E-state index contributed by atoms with van der Waals surface area (Å²) in [5, 5.41) is 7.15. The normalized spacial score (nSPS) is 13.6. The zero-order valence-corrected chi connectivity index (χ0v) is 8.84. The minimum atomic E-state index is -0.0220. The number of anilines is 1. The van der Waals surface area contributed by atoms with Crippen molar-refractivity contribution in [1.29, 1.82) is 0 Å². The summed E-state index contributed by atoms with van der Waals surface area (Å²) in [7, 11) is 1.83. The summed E-state index contributed by atoms with van der Waals surface area (Å²) in [6, 6.07) is 3.39. The van der Waals surface area contributed by atoms with Crippen LogP contribution in [0.5, 0.6) is 0 Å². The van der Waals surface area contributed by atoms with E-state index in [-0.39, 0.29) is 5.56 Å². The molecular weight excluding hydrogens is 206 g/mol. The van der Waals surface area contributed by atoms with Crippen molar-refractivity contribution in [2.75, 3.05) is 11.9 Å². The second kappa shape index (κ2) is 3.19. The summed E-state index contributed by atoms with van der Waals surface area (Å²) in [4.78, 5) is 16.2. The molecule has 0 bridgehead atoms. The van der Waals surface area contributed by atoms with Gasteiger partial charge in [0.15, 0.2) is 0 Å². The molecule has 82 valence electrons. The summed E-state index contributed by atoms with van der Waals surface area (Å²) >= 11 is 0. The molecule has 0 radical (unpaired) electrons. The van der Waals surface area contributed by atoms with Gasteiger partial charge in [-0.2, -0.15) is 5.10 Å². The number of hydrogen-bond acceptors (Lipinski definition) is 4. The molecule has 3 rings (SSSR count). The minimum Gasteiger partial charge on any atom is -0.354 e. The van der Waals surface area contributed by atoms with Crippen LogP contribution in [0, 0.1) is 0 Å². The third-order valence-electron chi connectivity index (χ3n) is 2.71. The number of aromatic nitrogens is 4. The maximum atomic E-state index is 11.8. The third kappa shape index (κ3) is 1.23. The van der Waals surface area contributed by atoms with E-state index in [0.29, 0.717) is 18.2 Å². The van der Waals surface area contributed by atoms with Crippen LogP contribution >= 0.6 is 0 Å². The molecule has 6 nitrogen and oxygen atoms in total. The first-order chi connectivity index (χ1) is 7.75. The van der Waals surface area contributed by atoms with Crippen LogP contribution in [0.1, 0.15) is 0 Å². The minimum absolute atomic E-state index is 0.0220. The van der Waals surface area contributed by atoms with Gasteiger partial charge in [-0.1, -0.05) is 0 Å². The number of fused-ring (bicyclic) bond motifs is 1. The van der Waals surface area contributed by atoms with E-state index in [9.17, 15) is 4.79 Å². The molecule has 3 heterocycles. The lowest BCUT2D eigenvalue weighted by Crippen LogP contribution is -2.18. The zero-order chi connectivity index (χ0) is 11.1. The smallest absolute Gasteiger partial charge is 0.255 e. The molecule has 0 amide bonds. The highest BCUT2D eigenvalue weighted by molar-refractivity contribution is 5.55. The highest BCUT2D eigenvalue weighted by atomic mass is 16.1. The van der Waals surface area contributed by atoms with E-state index in [2.05, 4.69) is 15.4 Å². The largest absolute Gasteiger partial charge is 0.354 e. The maximum absolute atomic E-state index is 11.8. The van der Waals surface area contributed by atoms with Gasteiger partial charge in [-0.25, -0.2) is 4.98 Å². The molecule has 0 unspecified atom stereocenters. The molecule has 0 spiro atoms. The van der Waals surface area contributed by atoms with Crippen molar-refractivity contribution in [3.8, 4) is 11.4 Å². The van der Waals surface area contributed by atoms with E-state index in [4.69, 9.17) is 0 Å². The van der Waals surface area contributed by atoms with Crippen LogP contribution in [0.15, 0.2) is 23.1 Å². The average molecular weight is 217 g/mol. The molecule has 1 aliphatic rings. The highest BCUT2D eigenvalue weighted by Crippen LogP contribution is 2.17. The number of hydrogen-bond donors (Lipinski definition) is 1. The SMILES string of the molecule is Cn1nccc1-c1cc(=O)n2c(n1)NCC2. The summed E-state index contributed by atoms with van der Waals surface area (Å²) in [6.45, 7) is 1.45. The quantitative estimate of drug-likeness (QED) is 0.734. The Labute approximate surface area is 91.5 Å². The van der Waals surface area contributed by atoms with Crippen molar-refractivity contribution in [3.63, 3.8) is 0 Å². The van der Waals surface area contributed by atoms with Crippen molar-refractivity contribution in [1.82, 2.24) is 19.3 Å². The second-order valence-electron chi connectivity index (χ2n) is 3.72. The van der Waals surface area contributed by atoms with E-state index in [1.54, 1.807) is 21.5 Å². The molecule has 0 saturated heterocycles. The fourth-order valence-electron chi connectivity index (χ4n) is 1.89. The molecule has 1 N–H and O–H groups in total. The molecule has 0 fully saturated rings. The van der Waals surface area contributed by atoms with E-state index in [1.165, 1.54) is 0 Å². The van der Waals surface area contributed by atoms with Gasteiger partial charge in [-0.15, -0.1) is 0 Å². The van der Waals surface area contributed by atoms with Gasteiger partial charge in [-0.05, 0) is 6.07 Å². The Kier molecular flexibility index (Phi) is 1.82. The van der Waals surface area contributed by atoms with Crippen molar-refractivity contribution in [2.24, 2.45) is 7.05 Å². The highest BCUT2D eigenvalue weighted by Gasteiger charge is 2.15. The lowest BCUT2D eigenvalue weighted by Gasteiger charge is -2.04. The molecule has 0 saturated carbocycles. The molecule has 1 aliphatic heterocycles. The molecule has 16 heavy (non-hydrogen) atoms. The molecule has 2 aromatic rings. The van der Waals surface area contributed by atoms with E-state index in [1.807, 2.05) is 13.1 Å². The van der Waals surface area contributed by atoms with Crippen molar-refractivity contribution in [2.45, 2.75) is 6.54 Å². The fourth-order valence-corrected chi connectivity index (χ4v) is 1.89. The topological polar surface area (TPSA) is 64.7 Å². The van der Waals surface area contributed by atoms with Crippen molar-refractivity contribution >= 4 is 5.95 Å². The van der Waals surface area contributed by atoms with Crippen LogP contribution in [0.3, 0.4) is 0 Å². The monoisotopic (exact) mass is 217 g/mol. The lowest BCUT2D eigenvalue weighted by atomic mass is 10.3. The van der Waals surface area contributed by atoms with Gasteiger partial charge in [0.05, 0.1) is 11.4 Å². The third-order valence-corrected chi connectivity index (χ3v) is 2.71. The second-order valence-corrected chi connectivity index (χ2v) is 3.72. The summed E-state index contributed by atoms with van der Waals surface area (Å²) in [5.41, 5.74) is 1.48. The van der Waals surface area contributed by atoms with Gasteiger partial charge in [-0.3, -0.25) is 14.0 Å². The Balaban J connectivity index is 2.21. The fraction of sp³-hybridized carbons (Fsp3) is 0.300. The number of nitrogens with zero attached hydrogens (tertiary/aromatic N) is 4. The van der Waals surface area contributed by atoms with E-state index >= 15 is 0 Å². The Morgan fingerprint density at radius 3 is 3.12 bits per heavy atom. The summed E-state index contributed by atoms with van der Waals surface area (Å²) in [6.07, 6.45) is 1.69. The first-order valence-corrected chi connectivity index (χ1v) is 5.10. The van der Waals surface area contributed by atoms with Gasteiger partial charge in [0.25, 0.3) is 5.56 Å². The van der Waals surface area contributed by atoms with Crippen molar-refractivity contribution in [3.05, 3.63) is 28.7 Å². The molecule has 2 aromatic heterocycles. The van der Waals surface area contributed by atoms with E-state index in [0.717, 1.165) is 12.2 Å². The van der Waals surface area contributed by atoms with Crippen LogP contribution in [0.25, 0.3) is 11.4 Å². The average Bonchev–Trinajstić information content (AvgIpc) is 2.85. The lowest BCUT2D eigenvalue weighted by molar-refractivity contribution is 0.753. The summed E-state index contributed by atoms with van der Waals surface area (Å²) in [5.74, 6) is 0.642. The van der Waals surface area contributed by atoms with Crippen LogP contribution in [0.4, 0.5) is 5.95 Å². The first kappa shape index (κ1) is 9.14. The number of nitrogens with one attached hydrogen (secondary N) is 1. The molecular formula is C10H11N5O. The molecule has 0 atom stereocenters. The van der Waals surface area contributed by atoms with Crippen LogP contribution in [0.2, 0.25) is 0 Å². The van der Waals surface area contributed by atoms with Gasteiger partial charge in [0.1, 0.15) is 0 Å².